The number of likely N-dealkylation sites (N-methyl/N-ethyl adjacent to an activating group) is 1. The second-order valence-electron chi connectivity index (χ2n) is 4.72. The third-order valence-electron chi connectivity index (χ3n) is 3.56. The molecule has 17 heavy (non-hydrogen) atoms. The Labute approximate surface area is 103 Å². The Morgan fingerprint density at radius 1 is 1.59 bits per heavy atom. The minimum atomic E-state index is -0.103. The second kappa shape index (κ2) is 6.33. The van der Waals surface area contributed by atoms with E-state index in [2.05, 4.69) is 15.5 Å². The first kappa shape index (κ1) is 12.8. The third-order valence-corrected chi connectivity index (χ3v) is 3.56. The first-order chi connectivity index (χ1) is 8.33. The Morgan fingerprint density at radius 3 is 3.18 bits per heavy atom. The first-order valence-electron chi connectivity index (χ1n) is 6.65. The molecular formula is C12H23N3O2. The van der Waals surface area contributed by atoms with Gasteiger partial charge in [-0.25, -0.2) is 0 Å². The molecule has 5 nitrogen and oxygen atoms in total. The Hall–Kier alpha value is -0.650. The summed E-state index contributed by atoms with van der Waals surface area (Å²) in [6.45, 7) is 6.88. The van der Waals surface area contributed by atoms with Gasteiger partial charge in [0.25, 0.3) is 0 Å². The van der Waals surface area contributed by atoms with E-state index in [-0.39, 0.29) is 11.9 Å². The monoisotopic (exact) mass is 241 g/mol. The number of hydrogen-bond donors (Lipinski definition) is 2. The van der Waals surface area contributed by atoms with E-state index in [9.17, 15) is 4.79 Å². The fourth-order valence-corrected chi connectivity index (χ4v) is 2.69. The van der Waals surface area contributed by atoms with E-state index in [1.165, 1.54) is 12.8 Å². The molecule has 2 N–H and O–H groups in total. The van der Waals surface area contributed by atoms with Crippen LogP contribution in [0.3, 0.4) is 0 Å². The molecule has 0 aromatic carbocycles. The molecule has 2 unspecified atom stereocenters. The van der Waals surface area contributed by atoms with Crippen LogP contribution in [0.2, 0.25) is 0 Å². The molecule has 0 aliphatic carbocycles. The van der Waals surface area contributed by atoms with Crippen LogP contribution in [0.5, 0.6) is 0 Å². The van der Waals surface area contributed by atoms with Gasteiger partial charge in [0.1, 0.15) is 6.04 Å². The van der Waals surface area contributed by atoms with Crippen LogP contribution in [-0.2, 0) is 9.53 Å². The van der Waals surface area contributed by atoms with Gasteiger partial charge >= 0.3 is 0 Å². The number of amides is 1. The minimum Gasteiger partial charge on any atom is -0.378 e. The van der Waals surface area contributed by atoms with Crippen molar-refractivity contribution in [3.63, 3.8) is 0 Å². The molecule has 98 valence electrons. The summed E-state index contributed by atoms with van der Waals surface area (Å²) < 4.78 is 5.45. The van der Waals surface area contributed by atoms with Crippen LogP contribution < -0.4 is 10.6 Å². The fraction of sp³-hybridized carbons (Fsp3) is 0.917. The quantitative estimate of drug-likeness (QED) is 0.704. The molecule has 5 heteroatoms. The van der Waals surface area contributed by atoms with Gasteiger partial charge in [-0.2, -0.15) is 0 Å². The molecule has 0 bridgehead atoms. The van der Waals surface area contributed by atoms with Gasteiger partial charge in [-0.3, -0.25) is 9.69 Å². The lowest BCUT2D eigenvalue weighted by atomic mass is 10.0. The van der Waals surface area contributed by atoms with E-state index >= 15 is 0 Å². The second-order valence-corrected chi connectivity index (χ2v) is 4.72. The number of carbonyl (C=O) groups is 1. The van der Waals surface area contributed by atoms with Crippen molar-refractivity contribution in [1.29, 1.82) is 0 Å². The molecule has 2 saturated heterocycles. The topological polar surface area (TPSA) is 53.6 Å². The summed E-state index contributed by atoms with van der Waals surface area (Å²) >= 11 is 0. The highest BCUT2D eigenvalue weighted by molar-refractivity contribution is 5.82. The average molecular weight is 241 g/mol. The molecule has 0 saturated carbocycles. The summed E-state index contributed by atoms with van der Waals surface area (Å²) in [6, 6.07) is 0.383. The Morgan fingerprint density at radius 2 is 2.47 bits per heavy atom. The van der Waals surface area contributed by atoms with Crippen LogP contribution in [0.1, 0.15) is 19.8 Å². The van der Waals surface area contributed by atoms with Crippen LogP contribution in [0.4, 0.5) is 0 Å². The molecule has 1 amide bonds. The van der Waals surface area contributed by atoms with Gasteiger partial charge in [0, 0.05) is 25.7 Å². The normalized spacial score (nSPS) is 31.1. The highest BCUT2D eigenvalue weighted by Gasteiger charge is 2.34. The van der Waals surface area contributed by atoms with E-state index in [0.29, 0.717) is 19.2 Å². The summed E-state index contributed by atoms with van der Waals surface area (Å²) in [4.78, 5) is 14.3. The summed E-state index contributed by atoms with van der Waals surface area (Å²) in [5, 5.41) is 6.31. The van der Waals surface area contributed by atoms with Gasteiger partial charge in [-0.1, -0.05) is 0 Å². The molecule has 2 fully saturated rings. The zero-order valence-corrected chi connectivity index (χ0v) is 10.6. The van der Waals surface area contributed by atoms with Crippen LogP contribution >= 0.6 is 0 Å². The smallest absolute Gasteiger partial charge is 0.239 e. The maximum absolute atomic E-state index is 12.0. The van der Waals surface area contributed by atoms with E-state index < -0.39 is 0 Å². The lowest BCUT2D eigenvalue weighted by Crippen LogP contribution is -2.60. The number of carbonyl (C=O) groups excluding carboxylic acids is 1. The summed E-state index contributed by atoms with van der Waals surface area (Å²) in [6.07, 6.45) is 2.38. The number of nitrogens with zero attached hydrogens (tertiary/aromatic N) is 1. The standard InChI is InChI=1S/C12H23N3O2/c1-2-14-12(16)11-9-17-7-6-15(11)10-4-3-5-13-8-10/h10-11,13H,2-9H2,1H3,(H,14,16). The first-order valence-corrected chi connectivity index (χ1v) is 6.65. The Balaban J connectivity index is 1.97. The number of morpholine rings is 1. The summed E-state index contributed by atoms with van der Waals surface area (Å²) in [5.74, 6) is 0.109. The summed E-state index contributed by atoms with van der Waals surface area (Å²) in [7, 11) is 0. The molecule has 2 atom stereocenters. The largest absolute Gasteiger partial charge is 0.378 e. The maximum Gasteiger partial charge on any atom is 0.239 e. The van der Waals surface area contributed by atoms with Crippen LogP contribution in [-0.4, -0.2) is 62.3 Å². The van der Waals surface area contributed by atoms with Gasteiger partial charge in [-0.05, 0) is 26.3 Å². The molecule has 2 rings (SSSR count). The van der Waals surface area contributed by atoms with Gasteiger partial charge < -0.3 is 15.4 Å². The van der Waals surface area contributed by atoms with E-state index in [1.54, 1.807) is 0 Å². The van der Waals surface area contributed by atoms with Crippen molar-refractivity contribution in [3.05, 3.63) is 0 Å². The van der Waals surface area contributed by atoms with Crippen molar-refractivity contribution in [3.8, 4) is 0 Å². The molecule has 2 aliphatic heterocycles. The van der Waals surface area contributed by atoms with Crippen molar-refractivity contribution in [1.82, 2.24) is 15.5 Å². The lowest BCUT2D eigenvalue weighted by Gasteiger charge is -2.41. The predicted molar refractivity (Wildman–Crippen MR) is 65.9 cm³/mol. The number of ether oxygens (including phenoxy) is 1. The average Bonchev–Trinajstić information content (AvgIpc) is 2.40. The summed E-state index contributed by atoms with van der Waals surface area (Å²) in [5.41, 5.74) is 0. The molecule has 0 radical (unpaired) electrons. The third kappa shape index (κ3) is 3.18. The van der Waals surface area contributed by atoms with Gasteiger partial charge in [-0.15, -0.1) is 0 Å². The van der Waals surface area contributed by atoms with Crippen molar-refractivity contribution < 1.29 is 9.53 Å². The fourth-order valence-electron chi connectivity index (χ4n) is 2.69. The van der Waals surface area contributed by atoms with E-state index in [1.807, 2.05) is 6.92 Å². The number of rotatable bonds is 3. The van der Waals surface area contributed by atoms with Crippen molar-refractivity contribution in [2.24, 2.45) is 0 Å². The molecule has 0 spiro atoms. The van der Waals surface area contributed by atoms with Crippen LogP contribution in [0.25, 0.3) is 0 Å². The van der Waals surface area contributed by atoms with E-state index in [4.69, 9.17) is 4.74 Å². The molecule has 0 aromatic rings. The number of piperidine rings is 1. The Bertz CT molecular complexity index is 254. The zero-order valence-electron chi connectivity index (χ0n) is 10.6. The van der Waals surface area contributed by atoms with Gasteiger partial charge in [0.05, 0.1) is 13.2 Å². The molecular weight excluding hydrogens is 218 g/mol. The number of hydrogen-bond acceptors (Lipinski definition) is 4. The SMILES string of the molecule is CCNC(=O)C1COCCN1C1CCCNC1. The van der Waals surface area contributed by atoms with Crippen molar-refractivity contribution in [2.45, 2.75) is 31.8 Å². The van der Waals surface area contributed by atoms with Gasteiger partial charge in [0.15, 0.2) is 0 Å². The van der Waals surface area contributed by atoms with Crippen LogP contribution in [0.15, 0.2) is 0 Å². The highest BCUT2D eigenvalue weighted by Crippen LogP contribution is 2.17. The maximum atomic E-state index is 12.0. The van der Waals surface area contributed by atoms with Crippen LogP contribution in [0, 0.1) is 0 Å². The Kier molecular flexibility index (Phi) is 4.76. The van der Waals surface area contributed by atoms with E-state index in [0.717, 1.165) is 26.2 Å². The highest BCUT2D eigenvalue weighted by atomic mass is 16.5. The van der Waals surface area contributed by atoms with Crippen molar-refractivity contribution >= 4 is 5.91 Å². The number of nitrogens with one attached hydrogen (secondary N) is 2. The predicted octanol–water partition coefficient (Wildman–Crippen LogP) is -0.425. The molecule has 2 aliphatic rings. The van der Waals surface area contributed by atoms with Gasteiger partial charge in [0.2, 0.25) is 5.91 Å². The van der Waals surface area contributed by atoms with Crippen molar-refractivity contribution in [2.75, 3.05) is 39.4 Å². The molecule has 2 heterocycles. The lowest BCUT2D eigenvalue weighted by molar-refractivity contribution is -0.134. The minimum absolute atomic E-state index is 0.103. The molecule has 0 aromatic heterocycles. The zero-order chi connectivity index (χ0) is 12.1.